The molecule has 4 rings (SSSR count). The van der Waals surface area contributed by atoms with Crippen molar-refractivity contribution in [2.24, 2.45) is 5.92 Å². The van der Waals surface area contributed by atoms with Gasteiger partial charge in [-0.2, -0.15) is 0 Å². The topological polar surface area (TPSA) is 83.6 Å². The second-order valence-electron chi connectivity index (χ2n) is 8.64. The van der Waals surface area contributed by atoms with Crippen molar-refractivity contribution in [2.45, 2.75) is 36.6 Å². The van der Waals surface area contributed by atoms with E-state index in [0.717, 1.165) is 6.42 Å². The number of fused-ring (bicyclic) bond motifs is 2. The van der Waals surface area contributed by atoms with Crippen molar-refractivity contribution in [3.63, 3.8) is 0 Å². The Balaban J connectivity index is 1.83. The second-order valence-corrected chi connectivity index (χ2v) is 10.5. The van der Waals surface area contributed by atoms with Gasteiger partial charge < -0.3 is 10.2 Å². The summed E-state index contributed by atoms with van der Waals surface area (Å²) in [6.07, 6.45) is 0.801. The van der Waals surface area contributed by atoms with Crippen molar-refractivity contribution in [1.29, 1.82) is 0 Å². The summed E-state index contributed by atoms with van der Waals surface area (Å²) in [5.74, 6) is -0.865. The third-order valence-electron chi connectivity index (χ3n) is 5.71. The maximum Gasteiger partial charge on any atom is 0.259 e. The van der Waals surface area contributed by atoms with Gasteiger partial charge in [0.25, 0.3) is 11.8 Å². The zero-order valence-corrected chi connectivity index (χ0v) is 19.7. The molecular formula is C26H25FN2O4S. The van der Waals surface area contributed by atoms with Crippen LogP contribution in [0.25, 0.3) is 0 Å². The van der Waals surface area contributed by atoms with Crippen LogP contribution in [0.3, 0.4) is 0 Å². The van der Waals surface area contributed by atoms with E-state index >= 15 is 0 Å². The molecule has 1 heterocycles. The first-order chi connectivity index (χ1) is 16.2. The zero-order chi connectivity index (χ0) is 24.5. The first-order valence-electron chi connectivity index (χ1n) is 11.0. The van der Waals surface area contributed by atoms with Gasteiger partial charge in [0.2, 0.25) is 9.84 Å². The lowest BCUT2D eigenvalue weighted by Crippen LogP contribution is -2.31. The fourth-order valence-corrected chi connectivity index (χ4v) is 5.48. The molecule has 1 aliphatic rings. The number of hydrogen-bond acceptors (Lipinski definition) is 4. The Morgan fingerprint density at radius 3 is 2.41 bits per heavy atom. The number of rotatable bonds is 6. The largest absolute Gasteiger partial charge is 0.352 e. The van der Waals surface area contributed by atoms with Crippen molar-refractivity contribution in [3.05, 3.63) is 89.2 Å². The molecule has 0 aliphatic carbocycles. The van der Waals surface area contributed by atoms with Crippen LogP contribution >= 0.6 is 0 Å². The van der Waals surface area contributed by atoms with Crippen molar-refractivity contribution >= 4 is 27.3 Å². The SMILES string of the molecule is CC(C)CCNC(=O)c1ccc2c(c1)N(Cc1ccc(F)cc1)C(=O)c1ccccc1S2(=O)=O. The van der Waals surface area contributed by atoms with Gasteiger partial charge in [0.05, 0.1) is 27.6 Å². The molecular weight excluding hydrogens is 455 g/mol. The lowest BCUT2D eigenvalue weighted by Gasteiger charge is -2.23. The maximum atomic E-state index is 13.6. The summed E-state index contributed by atoms with van der Waals surface area (Å²) < 4.78 is 40.4. The van der Waals surface area contributed by atoms with Crippen molar-refractivity contribution in [3.8, 4) is 0 Å². The number of nitrogens with zero attached hydrogens (tertiary/aromatic N) is 1. The molecule has 8 heteroatoms. The number of halogens is 1. The van der Waals surface area contributed by atoms with Crippen LogP contribution in [0, 0.1) is 11.7 Å². The predicted octanol–water partition coefficient (Wildman–Crippen LogP) is 4.59. The molecule has 0 saturated carbocycles. The van der Waals surface area contributed by atoms with Crippen LogP contribution in [-0.2, 0) is 16.4 Å². The summed E-state index contributed by atoms with van der Waals surface area (Å²) in [5, 5.41) is 2.84. The highest BCUT2D eigenvalue weighted by Crippen LogP contribution is 2.38. The van der Waals surface area contributed by atoms with E-state index in [9.17, 15) is 22.4 Å². The van der Waals surface area contributed by atoms with Gasteiger partial charge >= 0.3 is 0 Å². The van der Waals surface area contributed by atoms with E-state index in [0.29, 0.717) is 18.0 Å². The van der Waals surface area contributed by atoms with E-state index in [1.165, 1.54) is 59.5 Å². The molecule has 176 valence electrons. The van der Waals surface area contributed by atoms with E-state index in [1.54, 1.807) is 12.1 Å². The van der Waals surface area contributed by atoms with Gasteiger partial charge in [-0.05, 0) is 60.4 Å². The van der Waals surface area contributed by atoms with Gasteiger partial charge in [-0.25, -0.2) is 12.8 Å². The molecule has 0 saturated heterocycles. The summed E-state index contributed by atoms with van der Waals surface area (Å²) in [4.78, 5) is 27.5. The highest BCUT2D eigenvalue weighted by molar-refractivity contribution is 7.91. The van der Waals surface area contributed by atoms with Crippen molar-refractivity contribution in [1.82, 2.24) is 5.32 Å². The fourth-order valence-electron chi connectivity index (χ4n) is 3.85. The van der Waals surface area contributed by atoms with Gasteiger partial charge in [-0.1, -0.05) is 38.1 Å². The van der Waals surface area contributed by atoms with Crippen LogP contribution in [0.2, 0.25) is 0 Å². The maximum absolute atomic E-state index is 13.6. The van der Waals surface area contributed by atoms with Gasteiger partial charge in [0.1, 0.15) is 5.82 Å². The highest BCUT2D eigenvalue weighted by Gasteiger charge is 2.36. The predicted molar refractivity (Wildman–Crippen MR) is 127 cm³/mol. The minimum atomic E-state index is -4.03. The molecule has 0 unspecified atom stereocenters. The molecule has 34 heavy (non-hydrogen) atoms. The Morgan fingerprint density at radius 2 is 1.71 bits per heavy atom. The monoisotopic (exact) mass is 480 g/mol. The molecule has 3 aromatic rings. The van der Waals surface area contributed by atoms with Crippen LogP contribution < -0.4 is 10.2 Å². The number of hydrogen-bond donors (Lipinski definition) is 1. The Hall–Kier alpha value is -3.52. The van der Waals surface area contributed by atoms with Crippen LogP contribution in [-0.4, -0.2) is 26.8 Å². The van der Waals surface area contributed by atoms with Gasteiger partial charge in [0.15, 0.2) is 0 Å². The average molecular weight is 481 g/mol. The van der Waals surface area contributed by atoms with Crippen LogP contribution in [0.1, 0.15) is 46.5 Å². The van der Waals surface area contributed by atoms with E-state index in [-0.39, 0.29) is 39.1 Å². The third-order valence-corrected chi connectivity index (χ3v) is 7.57. The van der Waals surface area contributed by atoms with Crippen molar-refractivity contribution < 1.29 is 22.4 Å². The summed E-state index contributed by atoms with van der Waals surface area (Å²) in [5.41, 5.74) is 1.02. The van der Waals surface area contributed by atoms with Gasteiger partial charge in [-0.3, -0.25) is 9.59 Å². The molecule has 0 fully saturated rings. The Labute approximate surface area is 198 Å². The molecule has 0 spiro atoms. The molecule has 0 bridgehead atoms. The third kappa shape index (κ3) is 4.59. The summed E-state index contributed by atoms with van der Waals surface area (Å²) in [7, 11) is -4.03. The van der Waals surface area contributed by atoms with Crippen LogP contribution in [0.5, 0.6) is 0 Å². The van der Waals surface area contributed by atoms with Gasteiger partial charge in [-0.15, -0.1) is 0 Å². The number of carbonyl (C=O) groups is 2. The number of nitrogens with one attached hydrogen (secondary N) is 1. The Bertz CT molecular complexity index is 1350. The Kier molecular flexibility index (Phi) is 6.52. The second kappa shape index (κ2) is 9.38. The highest BCUT2D eigenvalue weighted by atomic mass is 32.2. The molecule has 0 aromatic heterocycles. The molecule has 6 nitrogen and oxygen atoms in total. The smallest absolute Gasteiger partial charge is 0.259 e. The lowest BCUT2D eigenvalue weighted by molar-refractivity contribution is 0.0948. The first-order valence-corrected chi connectivity index (χ1v) is 12.5. The minimum absolute atomic E-state index is 0.00832. The van der Waals surface area contributed by atoms with E-state index in [1.807, 2.05) is 0 Å². The molecule has 0 atom stereocenters. The number of amides is 2. The first kappa shape index (κ1) is 23.6. The summed E-state index contributed by atoms with van der Waals surface area (Å²) >= 11 is 0. The van der Waals surface area contributed by atoms with E-state index in [4.69, 9.17) is 0 Å². The summed E-state index contributed by atoms with van der Waals surface area (Å²) in [6, 6.07) is 15.9. The normalized spacial score (nSPS) is 14.4. The lowest BCUT2D eigenvalue weighted by atomic mass is 10.1. The molecule has 2 amide bonds. The van der Waals surface area contributed by atoms with E-state index in [2.05, 4.69) is 19.2 Å². The van der Waals surface area contributed by atoms with Crippen LogP contribution in [0.15, 0.2) is 76.5 Å². The molecule has 1 aliphatic heterocycles. The number of benzene rings is 3. The fraction of sp³-hybridized carbons (Fsp3) is 0.231. The Morgan fingerprint density at radius 1 is 1.00 bits per heavy atom. The van der Waals surface area contributed by atoms with Crippen LogP contribution in [0.4, 0.5) is 10.1 Å². The minimum Gasteiger partial charge on any atom is -0.352 e. The van der Waals surface area contributed by atoms with E-state index < -0.39 is 21.6 Å². The van der Waals surface area contributed by atoms with Crippen molar-refractivity contribution in [2.75, 3.05) is 11.4 Å². The van der Waals surface area contributed by atoms with Gasteiger partial charge in [0, 0.05) is 12.1 Å². The zero-order valence-electron chi connectivity index (χ0n) is 18.9. The molecule has 3 aromatic carbocycles. The average Bonchev–Trinajstić information content (AvgIpc) is 2.88. The molecule has 0 radical (unpaired) electrons. The standard InChI is InChI=1S/C26H25FN2O4S/c1-17(2)13-14-28-25(30)19-9-12-24-22(15-19)29(16-18-7-10-20(27)11-8-18)26(31)21-5-3-4-6-23(21)34(24,32)33/h3-12,15,17H,13-14,16H2,1-2H3,(H,28,30). The number of carbonyl (C=O) groups excluding carboxylic acids is 2. The summed E-state index contributed by atoms with van der Waals surface area (Å²) in [6.45, 7) is 4.59. The number of sulfone groups is 1. The number of anilines is 1. The molecule has 1 N–H and O–H groups in total. The quantitative estimate of drug-likeness (QED) is 0.559.